The number of fused-ring (bicyclic) bond motifs is 3. The van der Waals surface area contributed by atoms with Gasteiger partial charge in [0.2, 0.25) is 0 Å². The quantitative estimate of drug-likeness (QED) is 0.434. The van der Waals surface area contributed by atoms with Gasteiger partial charge in [0.15, 0.2) is 5.69 Å². The van der Waals surface area contributed by atoms with Gasteiger partial charge in [0.1, 0.15) is 5.52 Å². The molecular formula is C27H22N4O2. The van der Waals surface area contributed by atoms with Crippen LogP contribution in [0.3, 0.4) is 0 Å². The molecule has 0 unspecified atom stereocenters. The first-order chi connectivity index (χ1) is 16.2. The molecule has 1 aliphatic rings. The van der Waals surface area contributed by atoms with Gasteiger partial charge in [0.25, 0.3) is 11.5 Å². The Hall–Kier alpha value is -4.19. The number of aryl methyl sites for hydroxylation is 1. The standard InChI is InChI=1S/C27H22N4O2/c32-26(28-22-11-5-9-18-7-3-4-10-21(18)22)23-15-25-27(33)29-24(16-31(25)30-23)20-13-12-17-6-1-2-8-19(17)14-20/h1-4,6-8,10,12-16,22H,5,9,11H2,(H,28,32)(H,29,33)/t22-/m1/s1. The van der Waals surface area contributed by atoms with Gasteiger partial charge in [-0.3, -0.25) is 9.59 Å². The lowest BCUT2D eigenvalue weighted by Gasteiger charge is -2.26. The van der Waals surface area contributed by atoms with Crippen LogP contribution < -0.4 is 10.9 Å². The normalized spacial score (nSPS) is 15.5. The molecule has 2 heterocycles. The largest absolute Gasteiger partial charge is 0.344 e. The summed E-state index contributed by atoms with van der Waals surface area (Å²) < 4.78 is 1.49. The maximum absolute atomic E-state index is 13.0. The highest BCUT2D eigenvalue weighted by Gasteiger charge is 2.23. The van der Waals surface area contributed by atoms with Crippen molar-refractivity contribution in [2.75, 3.05) is 0 Å². The Morgan fingerprint density at radius 1 is 1.00 bits per heavy atom. The smallest absolute Gasteiger partial charge is 0.274 e. The minimum Gasteiger partial charge on any atom is -0.344 e. The number of carbonyl (C=O) groups is 1. The zero-order valence-corrected chi connectivity index (χ0v) is 17.9. The first-order valence-electron chi connectivity index (χ1n) is 11.2. The molecule has 0 spiro atoms. The molecule has 0 bridgehead atoms. The number of benzene rings is 3. The van der Waals surface area contributed by atoms with Gasteiger partial charge in [-0.15, -0.1) is 0 Å². The number of rotatable bonds is 3. The molecule has 3 aromatic carbocycles. The second-order valence-corrected chi connectivity index (χ2v) is 8.54. The van der Waals surface area contributed by atoms with Crippen LogP contribution in [-0.4, -0.2) is 20.5 Å². The lowest BCUT2D eigenvalue weighted by molar-refractivity contribution is 0.0927. The van der Waals surface area contributed by atoms with Crippen LogP contribution in [0.2, 0.25) is 0 Å². The van der Waals surface area contributed by atoms with E-state index in [0.29, 0.717) is 11.2 Å². The third-order valence-electron chi connectivity index (χ3n) is 6.44. The Balaban J connectivity index is 1.33. The summed E-state index contributed by atoms with van der Waals surface area (Å²) in [6.07, 6.45) is 4.71. The van der Waals surface area contributed by atoms with Crippen molar-refractivity contribution in [3.63, 3.8) is 0 Å². The molecule has 0 aliphatic heterocycles. The van der Waals surface area contributed by atoms with Gasteiger partial charge in [-0.2, -0.15) is 5.10 Å². The van der Waals surface area contributed by atoms with Gasteiger partial charge < -0.3 is 10.3 Å². The van der Waals surface area contributed by atoms with Crippen molar-refractivity contribution in [2.45, 2.75) is 25.3 Å². The Morgan fingerprint density at radius 2 is 1.82 bits per heavy atom. The Morgan fingerprint density at radius 3 is 2.73 bits per heavy atom. The van der Waals surface area contributed by atoms with Gasteiger partial charge in [0, 0.05) is 11.6 Å². The Labute approximate surface area is 189 Å². The number of amides is 1. The summed E-state index contributed by atoms with van der Waals surface area (Å²) in [5.74, 6) is -0.271. The molecular weight excluding hydrogens is 412 g/mol. The third kappa shape index (κ3) is 3.49. The van der Waals surface area contributed by atoms with E-state index < -0.39 is 0 Å². The van der Waals surface area contributed by atoms with Gasteiger partial charge in [-0.05, 0) is 47.2 Å². The van der Waals surface area contributed by atoms with E-state index in [1.807, 2.05) is 54.6 Å². The summed E-state index contributed by atoms with van der Waals surface area (Å²) in [6.45, 7) is 0. The van der Waals surface area contributed by atoms with E-state index >= 15 is 0 Å². The van der Waals surface area contributed by atoms with Crippen LogP contribution in [0.1, 0.15) is 40.5 Å². The van der Waals surface area contributed by atoms with Crippen molar-refractivity contribution in [3.05, 3.63) is 106 Å². The first kappa shape index (κ1) is 19.5. The molecule has 0 fully saturated rings. The molecule has 6 heteroatoms. The maximum atomic E-state index is 13.0. The Kier molecular flexibility index (Phi) is 4.57. The average Bonchev–Trinajstić information content (AvgIpc) is 3.29. The first-order valence-corrected chi connectivity index (χ1v) is 11.2. The summed E-state index contributed by atoms with van der Waals surface area (Å²) in [5.41, 5.74) is 4.27. The summed E-state index contributed by atoms with van der Waals surface area (Å²) in [6, 6.07) is 23.8. The highest BCUT2D eigenvalue weighted by Crippen LogP contribution is 2.29. The molecule has 2 N–H and O–H groups in total. The van der Waals surface area contributed by atoms with E-state index in [4.69, 9.17) is 0 Å². The summed E-state index contributed by atoms with van der Waals surface area (Å²) in [5, 5.41) is 9.76. The molecule has 6 nitrogen and oxygen atoms in total. The average molecular weight is 434 g/mol. The van der Waals surface area contributed by atoms with E-state index in [1.165, 1.54) is 10.1 Å². The molecule has 0 saturated carbocycles. The van der Waals surface area contributed by atoms with Crippen LogP contribution >= 0.6 is 0 Å². The number of aromatic nitrogens is 3. The molecule has 1 aliphatic carbocycles. The van der Waals surface area contributed by atoms with E-state index in [0.717, 1.165) is 41.2 Å². The lowest BCUT2D eigenvalue weighted by Crippen LogP contribution is -2.31. The molecule has 1 atom stereocenters. The topological polar surface area (TPSA) is 79.3 Å². The number of hydrogen-bond donors (Lipinski definition) is 2. The van der Waals surface area contributed by atoms with Crippen LogP contribution in [0.5, 0.6) is 0 Å². The summed E-state index contributed by atoms with van der Waals surface area (Å²) in [7, 11) is 0. The number of nitrogens with one attached hydrogen (secondary N) is 2. The number of H-pyrrole nitrogens is 1. The molecule has 0 radical (unpaired) electrons. The minimum atomic E-state index is -0.282. The Bertz CT molecular complexity index is 1580. The van der Waals surface area contributed by atoms with E-state index in [2.05, 4.69) is 27.5 Å². The maximum Gasteiger partial charge on any atom is 0.274 e. The number of hydrogen-bond acceptors (Lipinski definition) is 3. The van der Waals surface area contributed by atoms with Crippen molar-refractivity contribution in [1.82, 2.24) is 19.9 Å². The molecule has 5 aromatic rings. The molecule has 1 amide bonds. The molecule has 6 rings (SSSR count). The van der Waals surface area contributed by atoms with Gasteiger partial charge in [0.05, 0.1) is 17.9 Å². The highest BCUT2D eigenvalue weighted by atomic mass is 16.2. The van der Waals surface area contributed by atoms with E-state index in [9.17, 15) is 9.59 Å². The zero-order valence-electron chi connectivity index (χ0n) is 17.9. The summed E-state index contributed by atoms with van der Waals surface area (Å²) >= 11 is 0. The predicted octanol–water partition coefficient (Wildman–Crippen LogP) is 4.65. The number of carbonyl (C=O) groups excluding carboxylic acids is 1. The van der Waals surface area contributed by atoms with Crippen molar-refractivity contribution in [2.24, 2.45) is 0 Å². The van der Waals surface area contributed by atoms with Crippen LogP contribution in [0.25, 0.3) is 27.5 Å². The fourth-order valence-electron chi connectivity index (χ4n) is 4.75. The van der Waals surface area contributed by atoms with Crippen molar-refractivity contribution in [1.29, 1.82) is 0 Å². The van der Waals surface area contributed by atoms with Crippen LogP contribution in [0.4, 0.5) is 0 Å². The van der Waals surface area contributed by atoms with Crippen LogP contribution in [-0.2, 0) is 6.42 Å². The van der Waals surface area contributed by atoms with Crippen molar-refractivity contribution in [3.8, 4) is 11.3 Å². The van der Waals surface area contributed by atoms with E-state index in [-0.39, 0.29) is 23.2 Å². The fourth-order valence-corrected chi connectivity index (χ4v) is 4.75. The van der Waals surface area contributed by atoms with Gasteiger partial charge in [-0.1, -0.05) is 60.7 Å². The second kappa shape index (κ2) is 7.74. The zero-order chi connectivity index (χ0) is 22.4. The molecule has 162 valence electrons. The summed E-state index contributed by atoms with van der Waals surface area (Å²) in [4.78, 5) is 28.7. The monoisotopic (exact) mass is 434 g/mol. The van der Waals surface area contributed by atoms with Gasteiger partial charge in [-0.25, -0.2) is 4.52 Å². The minimum absolute atomic E-state index is 0.0429. The van der Waals surface area contributed by atoms with Crippen LogP contribution in [0, 0.1) is 0 Å². The van der Waals surface area contributed by atoms with Crippen LogP contribution in [0.15, 0.2) is 83.8 Å². The lowest BCUT2D eigenvalue weighted by atomic mass is 9.88. The molecule has 33 heavy (non-hydrogen) atoms. The number of nitrogens with zero attached hydrogens (tertiary/aromatic N) is 2. The van der Waals surface area contributed by atoms with Gasteiger partial charge >= 0.3 is 0 Å². The molecule has 0 saturated heterocycles. The van der Waals surface area contributed by atoms with Crippen molar-refractivity contribution >= 4 is 22.2 Å². The fraction of sp³-hybridized carbons (Fsp3) is 0.148. The molecule has 2 aromatic heterocycles. The second-order valence-electron chi connectivity index (χ2n) is 8.54. The van der Waals surface area contributed by atoms with E-state index in [1.54, 1.807) is 12.3 Å². The third-order valence-corrected chi connectivity index (χ3v) is 6.44. The predicted molar refractivity (Wildman–Crippen MR) is 128 cm³/mol. The van der Waals surface area contributed by atoms with Crippen molar-refractivity contribution < 1.29 is 4.79 Å². The highest BCUT2D eigenvalue weighted by molar-refractivity contribution is 5.94. The SMILES string of the molecule is O=C(N[C@@H]1CCCc2ccccc21)c1cc2c(=O)[nH]c(-c3ccc4ccccc4c3)cn2n1. The number of aromatic amines is 1.